The normalized spacial score (nSPS) is 39.0. The van der Waals surface area contributed by atoms with Gasteiger partial charge in [-0.3, -0.25) is 4.90 Å². The van der Waals surface area contributed by atoms with Crippen molar-refractivity contribution >= 4 is 28.8 Å². The first-order chi connectivity index (χ1) is 20.4. The van der Waals surface area contributed by atoms with Crippen LogP contribution in [0.2, 0.25) is 0 Å². The summed E-state index contributed by atoms with van der Waals surface area (Å²) in [7, 11) is 0. The molecule has 7 rings (SSSR count). The van der Waals surface area contributed by atoms with Crippen LogP contribution in [0.15, 0.2) is 29.0 Å². The van der Waals surface area contributed by atoms with E-state index < -0.39 is 0 Å². The first kappa shape index (κ1) is 29.1. The number of β-amino-alcohol motifs (C(OH)–C–C–N with tert-alkyl or cyclic N) is 1. The first-order valence-electron chi connectivity index (χ1n) is 16.5. The number of aryl methyl sites for hydroxylation is 1. The van der Waals surface area contributed by atoms with Crippen molar-refractivity contribution in [2.45, 2.75) is 85.6 Å². The van der Waals surface area contributed by atoms with Gasteiger partial charge in [-0.2, -0.15) is 0 Å². The molecule has 0 bridgehead atoms. The van der Waals surface area contributed by atoms with Crippen molar-refractivity contribution in [2.75, 3.05) is 39.3 Å². The molecule has 2 amide bonds. The number of urea groups is 1. The summed E-state index contributed by atoms with van der Waals surface area (Å²) in [5.41, 5.74) is 7.17. The third kappa shape index (κ3) is 4.06. The van der Waals surface area contributed by atoms with Gasteiger partial charge in [-0.1, -0.05) is 45.9 Å². The summed E-state index contributed by atoms with van der Waals surface area (Å²) in [6.07, 6.45) is 15.7. The van der Waals surface area contributed by atoms with E-state index in [0.29, 0.717) is 12.5 Å². The van der Waals surface area contributed by atoms with Crippen LogP contribution in [0.25, 0.3) is 22.7 Å². The van der Waals surface area contributed by atoms with Crippen molar-refractivity contribution in [1.82, 2.24) is 20.1 Å². The summed E-state index contributed by atoms with van der Waals surface area (Å²) < 4.78 is 5.76. The maximum atomic E-state index is 13.6. The van der Waals surface area contributed by atoms with Crippen LogP contribution in [0.4, 0.5) is 4.79 Å². The number of oxazole rings is 1. The second-order valence-electron chi connectivity index (χ2n) is 15.7. The van der Waals surface area contributed by atoms with Crippen LogP contribution in [0, 0.1) is 34.5 Å². The average molecular weight is 587 g/mol. The topological polar surface area (TPSA) is 81.8 Å². The third-order valence-corrected chi connectivity index (χ3v) is 13.7. The first-order valence-corrected chi connectivity index (χ1v) is 16.5. The van der Waals surface area contributed by atoms with E-state index in [4.69, 9.17) is 4.42 Å². The Morgan fingerprint density at radius 2 is 1.84 bits per heavy atom. The second kappa shape index (κ2) is 9.68. The summed E-state index contributed by atoms with van der Waals surface area (Å²) in [5.74, 6) is 0.503. The zero-order chi connectivity index (χ0) is 30.4. The van der Waals surface area contributed by atoms with Gasteiger partial charge in [0, 0.05) is 49.2 Å². The number of allylic oxidation sites excluding steroid dienone is 3. The number of carbonyl (C=O) groups is 1. The molecule has 1 aromatic carbocycles. The third-order valence-electron chi connectivity index (χ3n) is 13.7. The van der Waals surface area contributed by atoms with E-state index in [1.807, 2.05) is 4.90 Å². The van der Waals surface area contributed by atoms with Crippen LogP contribution in [-0.4, -0.2) is 70.8 Å². The van der Waals surface area contributed by atoms with Crippen LogP contribution in [0.5, 0.6) is 0 Å². The van der Waals surface area contributed by atoms with Gasteiger partial charge in [0.05, 0.1) is 6.61 Å². The molecule has 7 nitrogen and oxygen atoms in total. The highest BCUT2D eigenvalue weighted by atomic mass is 16.3. The average Bonchev–Trinajstić information content (AvgIpc) is 3.45. The summed E-state index contributed by atoms with van der Waals surface area (Å²) in [5, 5.41) is 12.9. The highest BCUT2D eigenvalue weighted by molar-refractivity contribution is 5.93. The van der Waals surface area contributed by atoms with Gasteiger partial charge in [-0.05, 0) is 97.3 Å². The molecule has 0 radical (unpaired) electrons. The molecule has 2 heterocycles. The number of hydrogen-bond donors (Lipinski definition) is 2. The molecule has 2 N–H and O–H groups in total. The Morgan fingerprint density at radius 3 is 2.58 bits per heavy atom. The molecule has 5 aliphatic rings. The molecule has 4 aliphatic carbocycles. The lowest BCUT2D eigenvalue weighted by Gasteiger charge is -2.70. The summed E-state index contributed by atoms with van der Waals surface area (Å²) in [6, 6.07) is 2.34. The fourth-order valence-corrected chi connectivity index (χ4v) is 10.4. The molecule has 2 saturated carbocycles. The Hall–Kier alpha value is -2.64. The molecule has 232 valence electrons. The van der Waals surface area contributed by atoms with Crippen LogP contribution in [-0.2, 0) is 0 Å². The lowest BCUT2D eigenvalue weighted by atomic mass is 9.34. The molecule has 2 aromatic rings. The van der Waals surface area contributed by atoms with E-state index in [2.05, 4.69) is 81.0 Å². The van der Waals surface area contributed by atoms with Gasteiger partial charge in [0.15, 0.2) is 12.0 Å². The van der Waals surface area contributed by atoms with Crippen molar-refractivity contribution in [3.05, 3.63) is 41.3 Å². The Bertz CT molecular complexity index is 1520. The number of rotatable bonds is 3. The molecule has 1 saturated heterocycles. The van der Waals surface area contributed by atoms with Gasteiger partial charge in [-0.15, -0.1) is 0 Å². The fraction of sp³-hybridized carbons (Fsp3) is 0.667. The molecule has 1 aliphatic heterocycles. The molecular weight excluding hydrogens is 536 g/mol. The Balaban J connectivity index is 1.19. The largest absolute Gasteiger partial charge is 0.443 e. The Labute approximate surface area is 256 Å². The second-order valence-corrected chi connectivity index (χ2v) is 15.7. The van der Waals surface area contributed by atoms with Crippen LogP contribution in [0.3, 0.4) is 0 Å². The highest BCUT2D eigenvalue weighted by Crippen LogP contribution is 2.75. The van der Waals surface area contributed by atoms with Crippen molar-refractivity contribution in [3.63, 3.8) is 0 Å². The Morgan fingerprint density at radius 1 is 1.09 bits per heavy atom. The van der Waals surface area contributed by atoms with E-state index in [1.165, 1.54) is 35.1 Å². The number of hydrogen-bond acceptors (Lipinski definition) is 5. The van der Waals surface area contributed by atoms with E-state index in [1.54, 1.807) is 6.39 Å². The summed E-state index contributed by atoms with van der Waals surface area (Å²) >= 11 is 0. The van der Waals surface area contributed by atoms with Gasteiger partial charge in [0.1, 0.15) is 5.52 Å². The molecule has 6 atom stereocenters. The van der Waals surface area contributed by atoms with Gasteiger partial charge >= 0.3 is 6.03 Å². The number of nitrogens with one attached hydrogen (secondary N) is 1. The predicted molar refractivity (Wildman–Crippen MR) is 171 cm³/mol. The van der Waals surface area contributed by atoms with E-state index in [0.717, 1.165) is 63.0 Å². The van der Waals surface area contributed by atoms with Crippen molar-refractivity contribution in [2.24, 2.45) is 27.6 Å². The molecule has 7 heteroatoms. The van der Waals surface area contributed by atoms with Gasteiger partial charge in [0.2, 0.25) is 0 Å². The zero-order valence-electron chi connectivity index (χ0n) is 27.1. The monoisotopic (exact) mass is 586 g/mol. The van der Waals surface area contributed by atoms with Crippen LogP contribution >= 0.6 is 0 Å². The number of fused-ring (bicyclic) bond motifs is 8. The number of piperazine rings is 1. The number of aromatic nitrogens is 1. The van der Waals surface area contributed by atoms with Crippen LogP contribution < -0.4 is 5.32 Å². The van der Waals surface area contributed by atoms with Crippen molar-refractivity contribution in [3.8, 4) is 0 Å². The quantitative estimate of drug-likeness (QED) is 0.421. The lowest BCUT2D eigenvalue weighted by Crippen LogP contribution is -2.66. The maximum Gasteiger partial charge on any atom is 0.317 e. The summed E-state index contributed by atoms with van der Waals surface area (Å²) in [4.78, 5) is 22.3. The molecule has 1 aromatic heterocycles. The molecule has 43 heavy (non-hydrogen) atoms. The van der Waals surface area contributed by atoms with E-state index >= 15 is 0 Å². The van der Waals surface area contributed by atoms with Gasteiger partial charge in [-0.25, -0.2) is 9.78 Å². The van der Waals surface area contributed by atoms with Crippen molar-refractivity contribution in [1.29, 1.82) is 0 Å². The molecular formula is C36H50N4O3. The van der Waals surface area contributed by atoms with Crippen molar-refractivity contribution < 1.29 is 14.3 Å². The van der Waals surface area contributed by atoms with E-state index in [9.17, 15) is 9.90 Å². The minimum Gasteiger partial charge on any atom is -0.443 e. The Kier molecular flexibility index (Phi) is 6.55. The van der Waals surface area contributed by atoms with Crippen LogP contribution in [0.1, 0.15) is 89.8 Å². The number of nitrogens with zero attached hydrogens (tertiary/aromatic N) is 3. The number of amides is 2. The smallest absolute Gasteiger partial charge is 0.317 e. The molecule has 0 spiro atoms. The number of carbonyl (C=O) groups excluding carboxylic acids is 1. The predicted octanol–water partition coefficient (Wildman–Crippen LogP) is 6.65. The maximum absolute atomic E-state index is 13.6. The van der Waals surface area contributed by atoms with Gasteiger partial charge < -0.3 is 19.7 Å². The zero-order valence-corrected chi connectivity index (χ0v) is 27.1. The standard InChI is InChI=1S/C36H50N4O3/c1-24-25-7-9-34(4)27(26(25)21-28-30(24)43-23-37-28)8-10-35(5)29-22-33(3,13-11-32(29,2)12-14-36(34,35)6)38-31(42)40-17-15-39(16-18-40)19-20-41/h7-9,21,23,29,41H,10-20,22H2,1-6H3,(H,38,42)/t29-,32-,33-,34-,35+,36-/m1/s1. The summed E-state index contributed by atoms with van der Waals surface area (Å²) in [6.45, 7) is 18.6. The molecule has 3 fully saturated rings. The lowest BCUT2D eigenvalue weighted by molar-refractivity contribution is -0.171. The molecule has 0 unspecified atom stereocenters. The minimum atomic E-state index is -0.222. The highest BCUT2D eigenvalue weighted by Gasteiger charge is 2.67. The number of benzene rings is 1. The number of aliphatic hydroxyl groups is 1. The SMILES string of the molecule is Cc1c2c(cc3ncoc13)C1=CC[C@@]3(C)[C@@H]4C[C@](C)(NC(=O)N5CCN(CCO)CC5)CC[C@]4(C)CC[C@]3(C)[C@]1(C)C=C2. The fourth-order valence-electron chi connectivity index (χ4n) is 10.4. The minimum absolute atomic E-state index is 0.0699. The van der Waals surface area contributed by atoms with Gasteiger partial charge in [0.25, 0.3) is 0 Å². The number of aliphatic hydroxyl groups excluding tert-OH is 1. The van der Waals surface area contributed by atoms with E-state index in [-0.39, 0.29) is 39.8 Å².